The van der Waals surface area contributed by atoms with E-state index in [1.807, 2.05) is 43.3 Å². The van der Waals surface area contributed by atoms with Gasteiger partial charge in [0.15, 0.2) is 0 Å². The van der Waals surface area contributed by atoms with E-state index in [1.54, 1.807) is 21.3 Å². The van der Waals surface area contributed by atoms with E-state index in [0.717, 1.165) is 10.8 Å². The van der Waals surface area contributed by atoms with Crippen molar-refractivity contribution in [2.75, 3.05) is 21.3 Å². The Hall–Kier alpha value is -0.943. The SMILES string of the molecule is CO[Si](OC)(OC)/C(C)=C/c1ccccc1. The average Bonchev–Trinajstić information content (AvgIpc) is 2.33. The number of benzene rings is 1. The van der Waals surface area contributed by atoms with Gasteiger partial charge in [-0.3, -0.25) is 0 Å². The minimum Gasteiger partial charge on any atom is -0.374 e. The van der Waals surface area contributed by atoms with Crippen LogP contribution >= 0.6 is 0 Å². The quantitative estimate of drug-likeness (QED) is 0.738. The summed E-state index contributed by atoms with van der Waals surface area (Å²) in [4.78, 5) is 0. The number of rotatable bonds is 5. The van der Waals surface area contributed by atoms with Crippen molar-refractivity contribution in [3.8, 4) is 0 Å². The molecule has 1 aromatic rings. The van der Waals surface area contributed by atoms with Crippen LogP contribution in [-0.2, 0) is 13.3 Å². The van der Waals surface area contributed by atoms with Crippen LogP contribution in [0.25, 0.3) is 6.08 Å². The van der Waals surface area contributed by atoms with Crippen molar-refractivity contribution >= 4 is 14.9 Å². The van der Waals surface area contributed by atoms with Crippen molar-refractivity contribution in [3.05, 3.63) is 41.1 Å². The number of hydrogen-bond donors (Lipinski definition) is 0. The summed E-state index contributed by atoms with van der Waals surface area (Å²) in [5, 5.41) is 0.992. The summed E-state index contributed by atoms with van der Waals surface area (Å²) >= 11 is 0. The molecule has 0 aliphatic heterocycles. The first-order valence-electron chi connectivity index (χ1n) is 5.08. The van der Waals surface area contributed by atoms with Gasteiger partial charge in [0.05, 0.1) is 0 Å². The van der Waals surface area contributed by atoms with Crippen LogP contribution in [0.5, 0.6) is 0 Å². The fourth-order valence-electron chi connectivity index (χ4n) is 1.62. The molecule has 0 fully saturated rings. The van der Waals surface area contributed by atoms with Gasteiger partial charge in [-0.2, -0.15) is 0 Å². The molecule has 0 saturated heterocycles. The summed E-state index contributed by atoms with van der Waals surface area (Å²) in [6.45, 7) is 1.97. The van der Waals surface area contributed by atoms with Crippen LogP contribution in [0.1, 0.15) is 12.5 Å². The topological polar surface area (TPSA) is 27.7 Å². The molecule has 0 radical (unpaired) electrons. The first kappa shape index (κ1) is 13.1. The fraction of sp³-hybridized carbons (Fsp3) is 0.333. The van der Waals surface area contributed by atoms with Gasteiger partial charge in [-0.15, -0.1) is 0 Å². The highest BCUT2D eigenvalue weighted by atomic mass is 28.4. The lowest BCUT2D eigenvalue weighted by Gasteiger charge is -2.25. The summed E-state index contributed by atoms with van der Waals surface area (Å²) in [6, 6.07) is 10.0. The van der Waals surface area contributed by atoms with Crippen LogP contribution in [0.2, 0.25) is 0 Å². The normalized spacial score (nSPS) is 12.9. The van der Waals surface area contributed by atoms with Crippen molar-refractivity contribution in [3.63, 3.8) is 0 Å². The van der Waals surface area contributed by atoms with Gasteiger partial charge in [0.2, 0.25) is 0 Å². The largest absolute Gasteiger partial charge is 0.531 e. The maximum absolute atomic E-state index is 5.40. The summed E-state index contributed by atoms with van der Waals surface area (Å²) in [5.41, 5.74) is 1.11. The number of allylic oxidation sites excluding steroid dienone is 1. The maximum atomic E-state index is 5.40. The van der Waals surface area contributed by atoms with Gasteiger partial charge in [0.25, 0.3) is 0 Å². The molecule has 88 valence electrons. The highest BCUT2D eigenvalue weighted by Crippen LogP contribution is 2.19. The molecule has 1 aromatic carbocycles. The zero-order valence-corrected chi connectivity index (χ0v) is 11.2. The molecule has 3 nitrogen and oxygen atoms in total. The monoisotopic (exact) mass is 238 g/mol. The lowest BCUT2D eigenvalue weighted by molar-refractivity contribution is 0.135. The first-order chi connectivity index (χ1) is 7.68. The third-order valence-corrected chi connectivity index (χ3v) is 5.19. The highest BCUT2D eigenvalue weighted by Gasteiger charge is 2.40. The zero-order chi connectivity index (χ0) is 12.0. The molecule has 0 spiro atoms. The predicted octanol–water partition coefficient (Wildman–Crippen LogP) is 2.51. The molecule has 0 aliphatic rings. The van der Waals surface area contributed by atoms with Crippen LogP contribution in [0.4, 0.5) is 0 Å². The van der Waals surface area contributed by atoms with Gasteiger partial charge >= 0.3 is 8.80 Å². The van der Waals surface area contributed by atoms with Crippen LogP contribution in [0.15, 0.2) is 35.5 Å². The summed E-state index contributed by atoms with van der Waals surface area (Å²) in [6.07, 6.45) is 2.03. The Labute approximate surface area is 98.0 Å². The smallest absolute Gasteiger partial charge is 0.374 e. The minimum atomic E-state index is -2.64. The van der Waals surface area contributed by atoms with Crippen molar-refractivity contribution < 1.29 is 13.3 Å². The summed E-state index contributed by atoms with van der Waals surface area (Å²) in [7, 11) is 2.20. The molecule has 0 N–H and O–H groups in total. The molecule has 16 heavy (non-hydrogen) atoms. The minimum absolute atomic E-state index is 0.992. The predicted molar refractivity (Wildman–Crippen MR) is 66.9 cm³/mol. The van der Waals surface area contributed by atoms with Gasteiger partial charge in [0, 0.05) is 21.3 Å². The Kier molecular flexibility index (Phi) is 4.89. The lowest BCUT2D eigenvalue weighted by atomic mass is 10.2. The van der Waals surface area contributed by atoms with Gasteiger partial charge in [-0.1, -0.05) is 36.4 Å². The van der Waals surface area contributed by atoms with E-state index in [2.05, 4.69) is 0 Å². The van der Waals surface area contributed by atoms with E-state index in [-0.39, 0.29) is 0 Å². The first-order valence-corrected chi connectivity index (χ1v) is 6.80. The van der Waals surface area contributed by atoms with Crippen LogP contribution in [0.3, 0.4) is 0 Å². The molecule has 0 saturated carbocycles. The van der Waals surface area contributed by atoms with E-state index in [9.17, 15) is 0 Å². The maximum Gasteiger partial charge on any atom is 0.531 e. The van der Waals surface area contributed by atoms with Crippen molar-refractivity contribution in [2.24, 2.45) is 0 Å². The molecule has 1 rings (SSSR count). The summed E-state index contributed by atoms with van der Waals surface area (Å²) < 4.78 is 16.2. The molecule has 0 unspecified atom stereocenters. The Morgan fingerprint density at radius 3 is 1.94 bits per heavy atom. The number of hydrogen-bond acceptors (Lipinski definition) is 3. The molecule has 0 bridgehead atoms. The van der Waals surface area contributed by atoms with E-state index in [0.29, 0.717) is 0 Å². The second-order valence-electron chi connectivity index (χ2n) is 3.41. The fourth-order valence-corrected chi connectivity index (χ4v) is 3.43. The molecular formula is C12H18O3Si. The van der Waals surface area contributed by atoms with E-state index in [1.165, 1.54) is 0 Å². The second kappa shape index (κ2) is 5.96. The van der Waals surface area contributed by atoms with Crippen LogP contribution < -0.4 is 0 Å². The van der Waals surface area contributed by atoms with Gasteiger partial charge in [0.1, 0.15) is 0 Å². The molecule has 0 atom stereocenters. The Balaban J connectivity index is 2.99. The molecule has 0 amide bonds. The summed E-state index contributed by atoms with van der Waals surface area (Å²) in [5.74, 6) is 0. The van der Waals surface area contributed by atoms with Crippen LogP contribution in [0, 0.1) is 0 Å². The Bertz CT molecular complexity index is 336. The zero-order valence-electron chi connectivity index (χ0n) is 10.2. The third-order valence-electron chi connectivity index (χ3n) is 2.47. The molecule has 0 aliphatic carbocycles. The van der Waals surface area contributed by atoms with Crippen molar-refractivity contribution in [1.82, 2.24) is 0 Å². The Morgan fingerprint density at radius 1 is 1.00 bits per heavy atom. The molecular weight excluding hydrogens is 220 g/mol. The van der Waals surface area contributed by atoms with Gasteiger partial charge in [-0.25, -0.2) is 0 Å². The van der Waals surface area contributed by atoms with E-state index >= 15 is 0 Å². The lowest BCUT2D eigenvalue weighted by Crippen LogP contribution is -2.44. The third kappa shape index (κ3) is 2.80. The van der Waals surface area contributed by atoms with Crippen LogP contribution in [-0.4, -0.2) is 30.1 Å². The molecule has 4 heteroatoms. The highest BCUT2D eigenvalue weighted by molar-refractivity contribution is 6.69. The van der Waals surface area contributed by atoms with Crippen molar-refractivity contribution in [2.45, 2.75) is 6.92 Å². The van der Waals surface area contributed by atoms with Crippen molar-refractivity contribution in [1.29, 1.82) is 0 Å². The van der Waals surface area contributed by atoms with Gasteiger partial charge in [-0.05, 0) is 17.7 Å². The second-order valence-corrected chi connectivity index (χ2v) is 6.53. The molecule has 0 heterocycles. The average molecular weight is 238 g/mol. The standard InChI is InChI=1S/C12H18O3Si/c1-11(16(13-2,14-3)15-4)10-12-8-6-5-7-9-12/h5-10H,1-4H3/b11-10+. The van der Waals surface area contributed by atoms with Gasteiger partial charge < -0.3 is 13.3 Å². The Morgan fingerprint density at radius 2 is 1.50 bits per heavy atom. The molecule has 0 aromatic heterocycles. The van der Waals surface area contributed by atoms with E-state index < -0.39 is 8.80 Å². The van der Waals surface area contributed by atoms with E-state index in [4.69, 9.17) is 13.3 Å².